The highest BCUT2D eigenvalue weighted by Crippen LogP contribution is 2.26. The van der Waals surface area contributed by atoms with E-state index in [1.807, 2.05) is 18.2 Å². The Balaban J connectivity index is 2.33. The van der Waals surface area contributed by atoms with Gasteiger partial charge in [-0.2, -0.15) is 0 Å². The Bertz CT molecular complexity index is 574. The Morgan fingerprint density at radius 3 is 2.67 bits per heavy atom. The zero-order chi connectivity index (χ0) is 15.4. The van der Waals surface area contributed by atoms with Gasteiger partial charge in [0.05, 0.1) is 19.2 Å². The van der Waals surface area contributed by atoms with Crippen LogP contribution in [0.15, 0.2) is 43.0 Å². The van der Waals surface area contributed by atoms with Gasteiger partial charge in [0.25, 0.3) is 5.91 Å². The lowest BCUT2D eigenvalue weighted by atomic mass is 10.2. The van der Waals surface area contributed by atoms with Gasteiger partial charge in [-0.05, 0) is 24.4 Å². The van der Waals surface area contributed by atoms with Crippen molar-refractivity contribution in [2.24, 2.45) is 0 Å². The third kappa shape index (κ3) is 2.95. The number of nitrogens with zero attached hydrogens (tertiary/aromatic N) is 2. The lowest BCUT2D eigenvalue weighted by molar-refractivity contribution is -0.143. The van der Waals surface area contributed by atoms with Gasteiger partial charge in [-0.15, -0.1) is 6.58 Å². The third-order valence-corrected chi connectivity index (χ3v) is 3.66. The van der Waals surface area contributed by atoms with Gasteiger partial charge in [0.2, 0.25) is 0 Å². The first kappa shape index (κ1) is 15.2. The van der Waals surface area contributed by atoms with E-state index in [0.717, 1.165) is 0 Å². The number of para-hydroxylation sites is 1. The molecule has 1 aliphatic heterocycles. The summed E-state index contributed by atoms with van der Waals surface area (Å²) < 4.78 is 4.66. The summed E-state index contributed by atoms with van der Waals surface area (Å²) in [7, 11) is 1.30. The number of rotatable bonds is 5. The second-order valence-corrected chi connectivity index (χ2v) is 4.89. The van der Waals surface area contributed by atoms with Crippen molar-refractivity contribution in [2.45, 2.75) is 12.5 Å². The van der Waals surface area contributed by atoms with Crippen LogP contribution in [0.3, 0.4) is 0 Å². The Morgan fingerprint density at radius 1 is 1.43 bits per heavy atom. The summed E-state index contributed by atoms with van der Waals surface area (Å²) in [6.07, 6.45) is 1.62. The van der Waals surface area contributed by atoms with Gasteiger partial charge >= 0.3 is 5.97 Å². The molecule has 0 N–H and O–H groups in total. The molecule has 1 fully saturated rings. The number of anilines is 1. The number of benzene rings is 1. The molecule has 0 aromatic heterocycles. The number of thiocarbonyl (C=S) groups is 1. The van der Waals surface area contributed by atoms with Crippen molar-refractivity contribution in [3.05, 3.63) is 43.0 Å². The SMILES string of the molecule is C=CCN1C(=S)N(c2ccccc2)C(=O)C1CC(=O)OC. The molecule has 1 aromatic rings. The predicted octanol–water partition coefficient (Wildman–Crippen LogP) is 1.74. The van der Waals surface area contributed by atoms with E-state index in [-0.39, 0.29) is 12.3 Å². The highest BCUT2D eigenvalue weighted by atomic mass is 32.1. The standard InChI is InChI=1S/C15H16N2O3S/c1-3-9-16-12(10-13(18)20-2)14(19)17(15(16)21)11-7-5-4-6-8-11/h3-8,12H,1,9-10H2,2H3. The number of hydrogen-bond donors (Lipinski definition) is 0. The van der Waals surface area contributed by atoms with Crippen LogP contribution in [0.1, 0.15) is 6.42 Å². The van der Waals surface area contributed by atoms with Gasteiger partial charge in [-0.3, -0.25) is 14.5 Å². The molecule has 1 saturated heterocycles. The molecule has 110 valence electrons. The van der Waals surface area contributed by atoms with E-state index in [0.29, 0.717) is 17.3 Å². The largest absolute Gasteiger partial charge is 0.469 e. The number of carbonyl (C=O) groups is 2. The summed E-state index contributed by atoms with van der Waals surface area (Å²) in [4.78, 5) is 27.3. The monoisotopic (exact) mass is 304 g/mol. The summed E-state index contributed by atoms with van der Waals surface area (Å²) in [5, 5.41) is 0.375. The molecule has 21 heavy (non-hydrogen) atoms. The fraction of sp³-hybridized carbons (Fsp3) is 0.267. The van der Waals surface area contributed by atoms with Gasteiger partial charge in [-0.1, -0.05) is 24.3 Å². The molecule has 0 saturated carbocycles. The van der Waals surface area contributed by atoms with E-state index in [9.17, 15) is 9.59 Å². The van der Waals surface area contributed by atoms with Crippen molar-refractivity contribution >= 4 is 34.9 Å². The Hall–Kier alpha value is -2.21. The van der Waals surface area contributed by atoms with Crippen LogP contribution in [0.2, 0.25) is 0 Å². The van der Waals surface area contributed by atoms with Crippen molar-refractivity contribution in [1.29, 1.82) is 0 Å². The van der Waals surface area contributed by atoms with Crippen LogP contribution in [0, 0.1) is 0 Å². The highest BCUT2D eigenvalue weighted by molar-refractivity contribution is 7.80. The van der Waals surface area contributed by atoms with Crippen molar-refractivity contribution in [3.8, 4) is 0 Å². The molecule has 6 heteroatoms. The Kier molecular flexibility index (Phi) is 4.70. The number of methoxy groups -OCH3 is 1. The fourth-order valence-electron chi connectivity index (χ4n) is 2.24. The van der Waals surface area contributed by atoms with E-state index >= 15 is 0 Å². The summed E-state index contributed by atoms with van der Waals surface area (Å²) in [6.45, 7) is 4.07. The normalized spacial score (nSPS) is 18.0. The maximum absolute atomic E-state index is 12.6. The summed E-state index contributed by atoms with van der Waals surface area (Å²) in [5.41, 5.74) is 0.689. The lowest BCUT2D eigenvalue weighted by Crippen LogP contribution is -2.37. The smallest absolute Gasteiger partial charge is 0.308 e. The van der Waals surface area contributed by atoms with E-state index < -0.39 is 12.0 Å². The van der Waals surface area contributed by atoms with Crippen molar-refractivity contribution in [1.82, 2.24) is 4.90 Å². The van der Waals surface area contributed by atoms with Crippen LogP contribution in [0.5, 0.6) is 0 Å². The van der Waals surface area contributed by atoms with E-state index in [1.165, 1.54) is 12.0 Å². The zero-order valence-corrected chi connectivity index (χ0v) is 12.5. The summed E-state index contributed by atoms with van der Waals surface area (Å²) in [5.74, 6) is -0.668. The van der Waals surface area contributed by atoms with Crippen molar-refractivity contribution < 1.29 is 14.3 Å². The topological polar surface area (TPSA) is 49.9 Å². The molecule has 1 aromatic carbocycles. The number of amides is 1. The summed E-state index contributed by atoms with van der Waals surface area (Å²) >= 11 is 5.38. The van der Waals surface area contributed by atoms with Crippen LogP contribution in [0.4, 0.5) is 5.69 Å². The molecule has 1 atom stereocenters. The average Bonchev–Trinajstić information content (AvgIpc) is 2.72. The number of esters is 1. The minimum atomic E-state index is -0.650. The van der Waals surface area contributed by atoms with Crippen LogP contribution < -0.4 is 4.90 Å². The van der Waals surface area contributed by atoms with Gasteiger partial charge < -0.3 is 9.64 Å². The minimum absolute atomic E-state index is 0.0351. The fourth-order valence-corrected chi connectivity index (χ4v) is 2.63. The van der Waals surface area contributed by atoms with Crippen molar-refractivity contribution in [2.75, 3.05) is 18.6 Å². The molecular weight excluding hydrogens is 288 g/mol. The molecular formula is C15H16N2O3S. The quantitative estimate of drug-likeness (QED) is 0.471. The third-order valence-electron chi connectivity index (χ3n) is 3.25. The second kappa shape index (κ2) is 6.49. The lowest BCUT2D eigenvalue weighted by Gasteiger charge is -2.21. The van der Waals surface area contributed by atoms with Crippen LogP contribution in [-0.4, -0.2) is 41.6 Å². The molecule has 0 bridgehead atoms. The van der Waals surface area contributed by atoms with Gasteiger partial charge in [-0.25, -0.2) is 0 Å². The maximum Gasteiger partial charge on any atom is 0.308 e. The Labute approximate surface area is 128 Å². The van der Waals surface area contributed by atoms with Gasteiger partial charge in [0.15, 0.2) is 5.11 Å². The molecule has 2 rings (SSSR count). The molecule has 0 aliphatic carbocycles. The zero-order valence-electron chi connectivity index (χ0n) is 11.7. The second-order valence-electron chi connectivity index (χ2n) is 4.53. The number of hydrogen-bond acceptors (Lipinski definition) is 4. The molecule has 1 heterocycles. The Morgan fingerprint density at radius 2 is 2.10 bits per heavy atom. The van der Waals surface area contributed by atoms with Crippen LogP contribution >= 0.6 is 12.2 Å². The number of ether oxygens (including phenoxy) is 1. The van der Waals surface area contributed by atoms with E-state index in [2.05, 4.69) is 11.3 Å². The van der Waals surface area contributed by atoms with Gasteiger partial charge in [0.1, 0.15) is 6.04 Å². The molecule has 0 spiro atoms. The van der Waals surface area contributed by atoms with Gasteiger partial charge in [0, 0.05) is 6.54 Å². The highest BCUT2D eigenvalue weighted by Gasteiger charge is 2.43. The van der Waals surface area contributed by atoms with E-state index in [1.54, 1.807) is 23.1 Å². The first-order chi connectivity index (χ1) is 10.1. The average molecular weight is 304 g/mol. The minimum Gasteiger partial charge on any atom is -0.469 e. The molecule has 1 unspecified atom stereocenters. The maximum atomic E-state index is 12.6. The van der Waals surface area contributed by atoms with Crippen LogP contribution in [0.25, 0.3) is 0 Å². The first-order valence-electron chi connectivity index (χ1n) is 6.47. The molecule has 5 nitrogen and oxygen atoms in total. The van der Waals surface area contributed by atoms with Crippen LogP contribution in [-0.2, 0) is 14.3 Å². The number of carbonyl (C=O) groups excluding carboxylic acids is 2. The molecule has 1 amide bonds. The summed E-state index contributed by atoms with van der Waals surface area (Å²) in [6, 6.07) is 8.48. The first-order valence-corrected chi connectivity index (χ1v) is 6.88. The molecule has 1 aliphatic rings. The predicted molar refractivity (Wildman–Crippen MR) is 83.9 cm³/mol. The van der Waals surface area contributed by atoms with E-state index in [4.69, 9.17) is 12.2 Å². The molecule has 0 radical (unpaired) electrons. The van der Waals surface area contributed by atoms with Crippen molar-refractivity contribution in [3.63, 3.8) is 0 Å².